The second-order valence-corrected chi connectivity index (χ2v) is 10.6. The fraction of sp³-hybridized carbons (Fsp3) is 0.308. The number of sulfone groups is 1. The van der Waals surface area contributed by atoms with E-state index >= 15 is 0 Å². The molecule has 0 fully saturated rings. The zero-order valence-electron chi connectivity index (χ0n) is 19.5. The van der Waals surface area contributed by atoms with Crippen molar-refractivity contribution in [1.29, 1.82) is 5.26 Å². The summed E-state index contributed by atoms with van der Waals surface area (Å²) in [6.45, 7) is 4.00. The Labute approximate surface area is 200 Å². The summed E-state index contributed by atoms with van der Waals surface area (Å²) < 4.78 is 29.5. The van der Waals surface area contributed by atoms with Crippen molar-refractivity contribution in [3.8, 4) is 17.2 Å². The fourth-order valence-electron chi connectivity index (χ4n) is 3.85. The summed E-state index contributed by atoms with van der Waals surface area (Å²) in [7, 11) is -3.30. The van der Waals surface area contributed by atoms with E-state index in [1.165, 1.54) is 6.26 Å². The lowest BCUT2D eigenvalue weighted by molar-refractivity contribution is -0.123. The van der Waals surface area contributed by atoms with Crippen LogP contribution in [0.1, 0.15) is 37.6 Å². The van der Waals surface area contributed by atoms with Gasteiger partial charge in [0.2, 0.25) is 5.91 Å². The van der Waals surface area contributed by atoms with Crippen LogP contribution in [0, 0.1) is 17.2 Å². The van der Waals surface area contributed by atoms with Gasteiger partial charge in [-0.25, -0.2) is 8.42 Å². The Morgan fingerprint density at radius 1 is 1.06 bits per heavy atom. The maximum absolute atomic E-state index is 12.8. The van der Waals surface area contributed by atoms with Crippen LogP contribution in [0.2, 0.25) is 0 Å². The first-order chi connectivity index (χ1) is 16.2. The number of rotatable bonds is 10. The number of furan rings is 1. The summed E-state index contributed by atoms with van der Waals surface area (Å²) in [6.07, 6.45) is 3.33. The molecule has 0 saturated heterocycles. The first-order valence-corrected chi connectivity index (χ1v) is 12.9. The Balaban J connectivity index is 2.04. The van der Waals surface area contributed by atoms with Gasteiger partial charge in [-0.2, -0.15) is 5.26 Å². The second-order valence-electron chi connectivity index (χ2n) is 8.56. The van der Waals surface area contributed by atoms with Crippen LogP contribution in [0.25, 0.3) is 11.1 Å². The molecule has 0 spiro atoms. The highest BCUT2D eigenvalue weighted by molar-refractivity contribution is 7.90. The molecular formula is C26H29N3O4S. The van der Waals surface area contributed by atoms with Crippen molar-refractivity contribution >= 4 is 15.7 Å². The molecule has 0 aliphatic heterocycles. The third-order valence-corrected chi connectivity index (χ3v) is 6.55. The Morgan fingerprint density at radius 3 is 2.35 bits per heavy atom. The van der Waals surface area contributed by atoms with Gasteiger partial charge in [0.25, 0.3) is 0 Å². The van der Waals surface area contributed by atoms with Crippen molar-refractivity contribution in [3.63, 3.8) is 0 Å². The summed E-state index contributed by atoms with van der Waals surface area (Å²) >= 11 is 0. The lowest BCUT2D eigenvalue weighted by Gasteiger charge is -2.27. The number of carbonyl (C=O) groups excluding carboxylic acids is 1. The van der Waals surface area contributed by atoms with Gasteiger partial charge in [0, 0.05) is 6.26 Å². The molecule has 1 heterocycles. The van der Waals surface area contributed by atoms with Gasteiger partial charge in [-0.1, -0.05) is 50.2 Å². The van der Waals surface area contributed by atoms with Crippen LogP contribution in [-0.2, 0) is 14.6 Å². The highest BCUT2D eigenvalue weighted by Crippen LogP contribution is 2.33. The minimum Gasteiger partial charge on any atom is -0.467 e. The maximum Gasteiger partial charge on any atom is 0.237 e. The summed E-state index contributed by atoms with van der Waals surface area (Å²) in [5, 5.41) is 15.0. The summed E-state index contributed by atoms with van der Waals surface area (Å²) in [5.41, 5.74) is 2.61. The van der Waals surface area contributed by atoms with Gasteiger partial charge in [0.15, 0.2) is 9.84 Å². The quantitative estimate of drug-likeness (QED) is 0.424. The molecule has 3 rings (SSSR count). The highest BCUT2D eigenvalue weighted by Gasteiger charge is 2.28. The average molecular weight is 480 g/mol. The monoisotopic (exact) mass is 479 g/mol. The highest BCUT2D eigenvalue weighted by atomic mass is 32.2. The SMILES string of the molecule is CC(C)C[C@H](NC(c1ccco1)c1ccccc1-c1ccc(S(C)(=O)=O)cc1)C(=O)NCC#N. The average Bonchev–Trinajstić information content (AvgIpc) is 3.34. The number of nitrogens with one attached hydrogen (secondary N) is 2. The molecule has 2 atom stereocenters. The first-order valence-electron chi connectivity index (χ1n) is 11.0. The van der Waals surface area contributed by atoms with E-state index < -0.39 is 21.9 Å². The first kappa shape index (κ1) is 25.2. The van der Waals surface area contributed by atoms with Gasteiger partial charge in [-0.15, -0.1) is 0 Å². The lowest BCUT2D eigenvalue weighted by Crippen LogP contribution is -2.46. The molecule has 2 aromatic carbocycles. The van der Waals surface area contributed by atoms with Crippen LogP contribution < -0.4 is 10.6 Å². The summed E-state index contributed by atoms with van der Waals surface area (Å²) in [4.78, 5) is 13.1. The number of hydrogen-bond acceptors (Lipinski definition) is 6. The van der Waals surface area contributed by atoms with Crippen LogP contribution in [0.15, 0.2) is 76.2 Å². The van der Waals surface area contributed by atoms with E-state index in [9.17, 15) is 13.2 Å². The Kier molecular flexibility index (Phi) is 8.26. The number of nitriles is 1. The topological polar surface area (TPSA) is 112 Å². The zero-order chi connectivity index (χ0) is 24.7. The van der Waals surface area contributed by atoms with Crippen LogP contribution in [0.5, 0.6) is 0 Å². The third-order valence-electron chi connectivity index (χ3n) is 5.43. The second kappa shape index (κ2) is 11.1. The molecule has 8 heteroatoms. The van der Waals surface area contributed by atoms with E-state index in [0.717, 1.165) is 16.7 Å². The number of benzene rings is 2. The zero-order valence-corrected chi connectivity index (χ0v) is 20.3. The van der Waals surface area contributed by atoms with Crippen molar-refractivity contribution in [2.45, 2.75) is 37.2 Å². The number of carbonyl (C=O) groups is 1. The molecule has 0 aliphatic carbocycles. The summed E-state index contributed by atoms with van der Waals surface area (Å²) in [5.74, 6) is 0.630. The molecule has 0 aliphatic rings. The van der Waals surface area contributed by atoms with Gasteiger partial charge in [-0.3, -0.25) is 10.1 Å². The van der Waals surface area contributed by atoms with E-state index in [2.05, 4.69) is 10.6 Å². The van der Waals surface area contributed by atoms with E-state index in [0.29, 0.717) is 12.2 Å². The van der Waals surface area contributed by atoms with Crippen LogP contribution in [-0.4, -0.2) is 33.2 Å². The number of hydrogen-bond donors (Lipinski definition) is 2. The normalized spacial score (nSPS) is 13.3. The molecular weight excluding hydrogens is 450 g/mol. The van der Waals surface area contributed by atoms with E-state index in [1.807, 2.05) is 50.2 Å². The van der Waals surface area contributed by atoms with Crippen molar-refractivity contribution in [2.24, 2.45) is 5.92 Å². The van der Waals surface area contributed by atoms with Crippen molar-refractivity contribution < 1.29 is 17.6 Å². The molecule has 0 bridgehead atoms. The van der Waals surface area contributed by atoms with Gasteiger partial charge in [0.1, 0.15) is 12.3 Å². The minimum absolute atomic E-state index is 0.0657. The predicted octanol–water partition coefficient (Wildman–Crippen LogP) is 4.08. The molecule has 1 aromatic heterocycles. The minimum atomic E-state index is -3.30. The number of amides is 1. The molecule has 7 nitrogen and oxygen atoms in total. The number of nitrogens with zero attached hydrogens (tertiary/aromatic N) is 1. The lowest BCUT2D eigenvalue weighted by atomic mass is 9.92. The maximum atomic E-state index is 12.8. The molecule has 0 saturated carbocycles. The Bertz CT molecular complexity index is 1240. The van der Waals surface area contributed by atoms with Gasteiger partial charge in [-0.05, 0) is 53.3 Å². The van der Waals surface area contributed by atoms with Crippen LogP contribution >= 0.6 is 0 Å². The molecule has 34 heavy (non-hydrogen) atoms. The van der Waals surface area contributed by atoms with Crippen molar-refractivity contribution in [3.05, 3.63) is 78.3 Å². The van der Waals surface area contributed by atoms with Crippen LogP contribution in [0.3, 0.4) is 0 Å². The molecule has 1 unspecified atom stereocenters. The van der Waals surface area contributed by atoms with Gasteiger partial charge in [0.05, 0.1) is 29.3 Å². The molecule has 178 valence electrons. The Morgan fingerprint density at radius 2 is 1.76 bits per heavy atom. The van der Waals surface area contributed by atoms with E-state index in [1.54, 1.807) is 36.6 Å². The van der Waals surface area contributed by atoms with Crippen molar-refractivity contribution in [1.82, 2.24) is 10.6 Å². The standard InChI is InChI=1S/C26H29N3O4S/c1-18(2)17-23(26(30)28-15-14-27)29-25(24-9-6-16-33-24)22-8-5-4-7-21(22)19-10-12-20(13-11-19)34(3,31)32/h4-13,16,18,23,25,29H,15,17H2,1-3H3,(H,28,30)/t23-,25?/m0/s1. The molecule has 0 radical (unpaired) electrons. The van der Waals surface area contributed by atoms with Gasteiger partial charge < -0.3 is 9.73 Å². The largest absolute Gasteiger partial charge is 0.467 e. The molecule has 3 aromatic rings. The molecule has 1 amide bonds. The predicted molar refractivity (Wildman–Crippen MR) is 131 cm³/mol. The smallest absolute Gasteiger partial charge is 0.237 e. The fourth-order valence-corrected chi connectivity index (χ4v) is 4.48. The molecule has 2 N–H and O–H groups in total. The van der Waals surface area contributed by atoms with Crippen LogP contribution in [0.4, 0.5) is 0 Å². The van der Waals surface area contributed by atoms with Gasteiger partial charge >= 0.3 is 0 Å². The van der Waals surface area contributed by atoms with E-state index in [-0.39, 0.29) is 23.3 Å². The summed E-state index contributed by atoms with van der Waals surface area (Å²) in [6, 6.07) is 19.1. The van der Waals surface area contributed by atoms with Crippen molar-refractivity contribution in [2.75, 3.05) is 12.8 Å². The Hall–Kier alpha value is -3.41. The van der Waals surface area contributed by atoms with E-state index in [4.69, 9.17) is 9.68 Å². The third kappa shape index (κ3) is 6.34.